The number of anilines is 1. The van der Waals surface area contributed by atoms with Gasteiger partial charge in [-0.3, -0.25) is 0 Å². The molecule has 11 nitrogen and oxygen atoms in total. The van der Waals surface area contributed by atoms with E-state index in [1.807, 2.05) is 26.0 Å². The van der Waals surface area contributed by atoms with Gasteiger partial charge in [-0.25, -0.2) is 19.1 Å². The summed E-state index contributed by atoms with van der Waals surface area (Å²) < 4.78 is 48.1. The summed E-state index contributed by atoms with van der Waals surface area (Å²) in [7, 11) is 0. The first-order valence-corrected chi connectivity index (χ1v) is 12.6. The highest BCUT2D eigenvalue weighted by Crippen LogP contribution is 2.31. The molecule has 212 valence electrons. The number of hydrogen-bond donors (Lipinski definition) is 1. The molecule has 2 amide bonds. The lowest BCUT2D eigenvalue weighted by Crippen LogP contribution is -2.52. The maximum absolute atomic E-state index is 12.3. The Hall–Kier alpha value is -4.54. The van der Waals surface area contributed by atoms with Gasteiger partial charge in [0.05, 0.1) is 23.5 Å². The predicted molar refractivity (Wildman–Crippen MR) is 138 cm³/mol. The van der Waals surface area contributed by atoms with Crippen molar-refractivity contribution in [1.29, 1.82) is 5.26 Å². The first-order valence-electron chi connectivity index (χ1n) is 12.6. The van der Waals surface area contributed by atoms with Crippen LogP contribution in [0.15, 0.2) is 36.8 Å². The molecule has 0 bridgehead atoms. The zero-order valence-corrected chi connectivity index (χ0v) is 21.9. The molecule has 3 aromatic rings. The third kappa shape index (κ3) is 6.71. The van der Waals surface area contributed by atoms with Gasteiger partial charge in [-0.15, -0.1) is 0 Å². The maximum Gasteiger partial charge on any atom is 0.490 e. The molecule has 4 rings (SSSR count). The third-order valence-corrected chi connectivity index (χ3v) is 6.14. The van der Waals surface area contributed by atoms with Crippen molar-refractivity contribution < 1.29 is 32.2 Å². The van der Waals surface area contributed by atoms with Crippen molar-refractivity contribution in [1.82, 2.24) is 24.8 Å². The predicted octanol–water partition coefficient (Wildman–Crippen LogP) is 3.24. The molecule has 14 heteroatoms. The monoisotopic (exact) mass is 559 g/mol. The summed E-state index contributed by atoms with van der Waals surface area (Å²) in [5, 5.41) is 16.7. The van der Waals surface area contributed by atoms with Crippen molar-refractivity contribution in [2.75, 3.05) is 50.8 Å². The number of fused-ring (bicyclic) bond motifs is 1. The number of aromatic nitrogens is 3. The highest BCUT2D eigenvalue weighted by molar-refractivity contribution is 5.85. The second kappa shape index (κ2) is 12.1. The van der Waals surface area contributed by atoms with E-state index < -0.39 is 18.8 Å². The van der Waals surface area contributed by atoms with Crippen molar-refractivity contribution in [2.45, 2.75) is 20.0 Å². The fourth-order valence-electron chi connectivity index (χ4n) is 4.13. The van der Waals surface area contributed by atoms with Crippen LogP contribution in [0.3, 0.4) is 0 Å². The van der Waals surface area contributed by atoms with Crippen LogP contribution >= 0.6 is 0 Å². The van der Waals surface area contributed by atoms with Crippen LogP contribution in [0.25, 0.3) is 16.6 Å². The van der Waals surface area contributed by atoms with Gasteiger partial charge in [0, 0.05) is 50.0 Å². The Morgan fingerprint density at radius 2 is 1.90 bits per heavy atom. The fraction of sp³-hybridized carbons (Fsp3) is 0.423. The number of amides is 2. The van der Waals surface area contributed by atoms with Crippen LogP contribution in [-0.2, 0) is 9.53 Å². The summed E-state index contributed by atoms with van der Waals surface area (Å²) in [6.45, 7) is 6.14. The van der Waals surface area contributed by atoms with Crippen LogP contribution in [0.5, 0.6) is 5.75 Å². The molecule has 1 saturated heterocycles. The Labute approximate surface area is 228 Å². The zero-order valence-electron chi connectivity index (χ0n) is 21.9. The van der Waals surface area contributed by atoms with Gasteiger partial charge >= 0.3 is 18.2 Å². The molecule has 0 saturated carbocycles. The van der Waals surface area contributed by atoms with E-state index in [2.05, 4.69) is 31.1 Å². The van der Waals surface area contributed by atoms with Crippen LogP contribution in [0, 0.1) is 17.2 Å². The molecule has 0 spiro atoms. The van der Waals surface area contributed by atoms with Gasteiger partial charge in [0.1, 0.15) is 30.9 Å². The minimum absolute atomic E-state index is 0.0737. The summed E-state index contributed by atoms with van der Waals surface area (Å²) in [6.07, 6.45) is -0.560. The molecular weight excluding hydrogens is 531 g/mol. The molecule has 0 aliphatic carbocycles. The number of urea groups is 1. The van der Waals surface area contributed by atoms with E-state index >= 15 is 0 Å². The Balaban J connectivity index is 1.46. The normalized spacial score (nSPS) is 13.8. The minimum atomic E-state index is -5.08. The third-order valence-electron chi connectivity index (χ3n) is 6.14. The van der Waals surface area contributed by atoms with Crippen molar-refractivity contribution in [3.63, 3.8) is 0 Å². The highest BCUT2D eigenvalue weighted by atomic mass is 19.4. The molecule has 3 aromatic heterocycles. The van der Waals surface area contributed by atoms with E-state index in [0.29, 0.717) is 60.8 Å². The first kappa shape index (κ1) is 28.5. The molecular formula is C26H28F3N7O4. The molecule has 40 heavy (non-hydrogen) atoms. The topological polar surface area (TPSA) is 125 Å². The summed E-state index contributed by atoms with van der Waals surface area (Å²) in [6, 6.07) is 7.32. The standard InChI is InChI=1S/C26H28F3N7O4/c1-17(2)13-32-25(38)35-7-5-34(6-8-35)22-4-3-18(14-31-22)21-11-20(16-36-23(21)19(12-30)15-33-36)39-9-10-40-24(37)26(27,28)29/h3-4,11,14-17H,5-10,13H2,1-2H3,(H,32,38). The highest BCUT2D eigenvalue weighted by Gasteiger charge is 2.40. The molecule has 4 heterocycles. The van der Waals surface area contributed by atoms with Crippen LogP contribution < -0.4 is 15.0 Å². The lowest BCUT2D eigenvalue weighted by molar-refractivity contribution is -0.200. The second-order valence-electron chi connectivity index (χ2n) is 9.49. The van der Waals surface area contributed by atoms with Crippen LogP contribution in [0.2, 0.25) is 0 Å². The number of carbonyl (C=O) groups is 2. The van der Waals surface area contributed by atoms with Crippen molar-refractivity contribution in [3.05, 3.63) is 42.4 Å². The van der Waals surface area contributed by atoms with Gasteiger partial charge in [0.25, 0.3) is 0 Å². The SMILES string of the molecule is CC(C)CNC(=O)N1CCN(c2ccc(-c3cc(OCCOC(=O)C(F)(F)F)cn4ncc(C#N)c34)cn2)CC1. The van der Waals surface area contributed by atoms with Crippen LogP contribution in [-0.4, -0.2) is 83.6 Å². The summed E-state index contributed by atoms with van der Waals surface area (Å²) in [5.41, 5.74) is 2.06. The van der Waals surface area contributed by atoms with Gasteiger partial charge in [0.15, 0.2) is 0 Å². The number of esters is 1. The van der Waals surface area contributed by atoms with Gasteiger partial charge in [0.2, 0.25) is 0 Å². The smallest absolute Gasteiger partial charge is 0.488 e. The lowest BCUT2D eigenvalue weighted by Gasteiger charge is -2.35. The number of rotatable bonds is 8. The molecule has 0 atom stereocenters. The van der Waals surface area contributed by atoms with E-state index in [4.69, 9.17) is 4.74 Å². The number of ether oxygens (including phenoxy) is 2. The number of pyridine rings is 2. The van der Waals surface area contributed by atoms with Crippen LogP contribution in [0.4, 0.5) is 23.8 Å². The van der Waals surface area contributed by atoms with Gasteiger partial charge in [-0.1, -0.05) is 13.8 Å². The largest absolute Gasteiger partial charge is 0.490 e. The molecule has 1 aliphatic rings. The Bertz CT molecular complexity index is 1390. The summed E-state index contributed by atoms with van der Waals surface area (Å²) in [5.74, 6) is -0.944. The van der Waals surface area contributed by atoms with E-state index in [9.17, 15) is 28.0 Å². The van der Waals surface area contributed by atoms with Crippen molar-refractivity contribution in [3.8, 4) is 22.9 Å². The number of nitriles is 1. The summed E-state index contributed by atoms with van der Waals surface area (Å²) >= 11 is 0. The number of hydrogen-bond acceptors (Lipinski definition) is 8. The van der Waals surface area contributed by atoms with E-state index in [0.717, 1.165) is 5.82 Å². The van der Waals surface area contributed by atoms with Crippen LogP contribution in [0.1, 0.15) is 19.4 Å². The number of nitrogens with one attached hydrogen (secondary N) is 1. The maximum atomic E-state index is 12.3. The Kier molecular flexibility index (Phi) is 8.61. The molecule has 0 aromatic carbocycles. The Morgan fingerprint density at radius 1 is 1.15 bits per heavy atom. The summed E-state index contributed by atoms with van der Waals surface area (Å²) in [4.78, 5) is 31.7. The minimum Gasteiger partial charge on any atom is -0.488 e. The fourth-order valence-corrected chi connectivity index (χ4v) is 4.13. The van der Waals surface area contributed by atoms with E-state index in [-0.39, 0.29) is 18.4 Å². The lowest BCUT2D eigenvalue weighted by atomic mass is 10.1. The molecule has 1 fully saturated rings. The molecule has 1 N–H and O–H groups in total. The average Bonchev–Trinajstić information content (AvgIpc) is 3.36. The number of carbonyl (C=O) groups excluding carboxylic acids is 2. The molecule has 0 radical (unpaired) electrons. The van der Waals surface area contributed by atoms with E-state index in [1.165, 1.54) is 16.9 Å². The molecule has 1 aliphatic heterocycles. The second-order valence-corrected chi connectivity index (χ2v) is 9.49. The van der Waals surface area contributed by atoms with Gasteiger partial charge in [-0.05, 0) is 24.1 Å². The zero-order chi connectivity index (χ0) is 28.9. The quantitative estimate of drug-likeness (QED) is 0.330. The molecule has 0 unspecified atom stereocenters. The van der Waals surface area contributed by atoms with Gasteiger partial charge in [-0.2, -0.15) is 23.5 Å². The number of alkyl halides is 3. The Morgan fingerprint density at radius 3 is 2.52 bits per heavy atom. The number of piperazine rings is 1. The van der Waals surface area contributed by atoms with Crippen molar-refractivity contribution >= 4 is 23.3 Å². The van der Waals surface area contributed by atoms with Gasteiger partial charge < -0.3 is 24.6 Å². The van der Waals surface area contributed by atoms with Crippen molar-refractivity contribution in [2.24, 2.45) is 5.92 Å². The number of halogens is 3. The van der Waals surface area contributed by atoms with E-state index in [1.54, 1.807) is 17.2 Å². The first-order chi connectivity index (χ1) is 19.1. The average molecular weight is 560 g/mol. The number of nitrogens with zero attached hydrogens (tertiary/aromatic N) is 6.